The average molecular weight is 250 g/mol. The van der Waals surface area contributed by atoms with Crippen LogP contribution in [0.5, 0.6) is 0 Å². The maximum atomic E-state index is 6.27. The lowest BCUT2D eigenvalue weighted by molar-refractivity contribution is -0.0155. The molecule has 2 nitrogen and oxygen atoms in total. The second-order valence-electron chi connectivity index (χ2n) is 7.14. The Hall–Kier alpha value is -0.0800. The van der Waals surface area contributed by atoms with E-state index in [9.17, 15) is 0 Å². The summed E-state index contributed by atoms with van der Waals surface area (Å²) in [5.74, 6) is 2.89. The van der Waals surface area contributed by atoms with Gasteiger partial charge in [-0.15, -0.1) is 0 Å². The van der Waals surface area contributed by atoms with Gasteiger partial charge in [0.05, 0.1) is 0 Å². The summed E-state index contributed by atoms with van der Waals surface area (Å²) in [6.45, 7) is 5.93. The van der Waals surface area contributed by atoms with Crippen molar-refractivity contribution in [3.63, 3.8) is 0 Å². The van der Waals surface area contributed by atoms with Crippen molar-refractivity contribution in [3.05, 3.63) is 0 Å². The zero-order valence-electron chi connectivity index (χ0n) is 12.0. The molecule has 0 amide bonds. The van der Waals surface area contributed by atoms with E-state index in [1.807, 2.05) is 0 Å². The maximum Gasteiger partial charge on any atom is 0.0359 e. The molecule has 2 saturated carbocycles. The van der Waals surface area contributed by atoms with Gasteiger partial charge < -0.3 is 5.73 Å². The Bertz CT molecular complexity index is 275. The fourth-order valence-corrected chi connectivity index (χ4v) is 4.87. The minimum absolute atomic E-state index is 0.378. The molecular formula is C16H30N2. The minimum atomic E-state index is 0.378. The summed E-state index contributed by atoms with van der Waals surface area (Å²) in [5, 5.41) is 0. The van der Waals surface area contributed by atoms with E-state index < -0.39 is 0 Å². The highest BCUT2D eigenvalue weighted by Gasteiger charge is 2.49. The smallest absolute Gasteiger partial charge is 0.0359 e. The van der Waals surface area contributed by atoms with E-state index in [1.165, 1.54) is 64.5 Å². The summed E-state index contributed by atoms with van der Waals surface area (Å²) in [7, 11) is 0. The summed E-state index contributed by atoms with van der Waals surface area (Å²) in [6, 6.07) is 0. The molecule has 1 aliphatic heterocycles. The van der Waals surface area contributed by atoms with Gasteiger partial charge in [-0.3, -0.25) is 4.90 Å². The molecule has 1 saturated heterocycles. The van der Waals surface area contributed by atoms with Gasteiger partial charge in [0.2, 0.25) is 0 Å². The molecule has 2 bridgehead atoms. The normalized spacial score (nSPS) is 36.3. The Kier molecular flexibility index (Phi) is 3.68. The van der Waals surface area contributed by atoms with E-state index in [1.54, 1.807) is 0 Å². The highest BCUT2D eigenvalue weighted by Crippen LogP contribution is 2.48. The summed E-state index contributed by atoms with van der Waals surface area (Å²) < 4.78 is 0. The van der Waals surface area contributed by atoms with E-state index in [0.717, 1.165) is 24.3 Å². The van der Waals surface area contributed by atoms with Crippen LogP contribution in [0.25, 0.3) is 0 Å². The monoisotopic (exact) mass is 250 g/mol. The van der Waals surface area contributed by atoms with Crippen LogP contribution < -0.4 is 5.73 Å². The molecule has 0 aromatic heterocycles. The number of hydrogen-bond donors (Lipinski definition) is 1. The Balaban J connectivity index is 1.77. The van der Waals surface area contributed by atoms with E-state index >= 15 is 0 Å². The van der Waals surface area contributed by atoms with Gasteiger partial charge in [-0.25, -0.2) is 0 Å². The molecular weight excluding hydrogens is 220 g/mol. The van der Waals surface area contributed by atoms with Crippen molar-refractivity contribution in [2.24, 2.45) is 23.5 Å². The van der Waals surface area contributed by atoms with Gasteiger partial charge in [0.25, 0.3) is 0 Å². The topological polar surface area (TPSA) is 29.3 Å². The van der Waals surface area contributed by atoms with Crippen LogP contribution in [0.3, 0.4) is 0 Å². The first kappa shape index (κ1) is 12.9. The van der Waals surface area contributed by atoms with Gasteiger partial charge in [0, 0.05) is 25.2 Å². The lowest BCUT2D eigenvalue weighted by atomic mass is 9.74. The zero-order valence-corrected chi connectivity index (χ0v) is 12.0. The first-order valence-electron chi connectivity index (χ1n) is 8.23. The van der Waals surface area contributed by atoms with E-state index in [2.05, 4.69) is 11.8 Å². The Morgan fingerprint density at radius 1 is 1.11 bits per heavy atom. The first-order chi connectivity index (χ1) is 8.78. The molecule has 1 heterocycles. The molecule has 0 aromatic carbocycles. The summed E-state index contributed by atoms with van der Waals surface area (Å²) in [6.07, 6.45) is 11.4. The Morgan fingerprint density at radius 3 is 2.28 bits per heavy atom. The lowest BCUT2D eigenvalue weighted by Crippen LogP contribution is -2.60. The van der Waals surface area contributed by atoms with Gasteiger partial charge >= 0.3 is 0 Å². The molecule has 0 aromatic rings. The average Bonchev–Trinajstić information content (AvgIpc) is 3.20. The lowest BCUT2D eigenvalue weighted by Gasteiger charge is -2.51. The van der Waals surface area contributed by atoms with Crippen LogP contribution in [0, 0.1) is 17.8 Å². The van der Waals surface area contributed by atoms with Crippen molar-refractivity contribution in [2.75, 3.05) is 19.6 Å². The van der Waals surface area contributed by atoms with Crippen molar-refractivity contribution in [1.29, 1.82) is 0 Å². The van der Waals surface area contributed by atoms with Gasteiger partial charge in [-0.05, 0) is 56.3 Å². The molecule has 3 fully saturated rings. The predicted molar refractivity (Wildman–Crippen MR) is 76.4 cm³/mol. The fraction of sp³-hybridized carbons (Fsp3) is 1.00. The molecule has 104 valence electrons. The molecule has 3 rings (SSSR count). The van der Waals surface area contributed by atoms with E-state index in [-0.39, 0.29) is 0 Å². The van der Waals surface area contributed by atoms with Gasteiger partial charge in [-0.2, -0.15) is 0 Å². The highest BCUT2D eigenvalue weighted by molar-refractivity contribution is 5.05. The van der Waals surface area contributed by atoms with Crippen molar-refractivity contribution in [1.82, 2.24) is 4.90 Å². The number of nitrogens with two attached hydrogens (primary N) is 1. The van der Waals surface area contributed by atoms with Crippen LogP contribution in [0.4, 0.5) is 0 Å². The third-order valence-corrected chi connectivity index (χ3v) is 5.85. The van der Waals surface area contributed by atoms with Crippen LogP contribution in [0.2, 0.25) is 0 Å². The second-order valence-corrected chi connectivity index (χ2v) is 7.14. The van der Waals surface area contributed by atoms with Crippen molar-refractivity contribution >= 4 is 0 Å². The molecule has 2 aliphatic carbocycles. The molecule has 18 heavy (non-hydrogen) atoms. The van der Waals surface area contributed by atoms with Crippen molar-refractivity contribution < 1.29 is 0 Å². The van der Waals surface area contributed by atoms with Crippen LogP contribution in [0.1, 0.15) is 58.3 Å². The Morgan fingerprint density at radius 2 is 1.78 bits per heavy atom. The largest absolute Gasteiger partial charge is 0.329 e. The number of likely N-dealkylation sites (tertiary alicyclic amines) is 1. The van der Waals surface area contributed by atoms with Crippen LogP contribution in [-0.4, -0.2) is 30.1 Å². The van der Waals surface area contributed by atoms with Crippen LogP contribution >= 0.6 is 0 Å². The van der Waals surface area contributed by atoms with Gasteiger partial charge in [0.1, 0.15) is 0 Å². The predicted octanol–water partition coefficient (Wildman–Crippen LogP) is 3.02. The molecule has 2 N–H and O–H groups in total. The summed E-state index contributed by atoms with van der Waals surface area (Å²) in [4.78, 5) is 2.85. The highest BCUT2D eigenvalue weighted by atomic mass is 15.2. The molecule has 2 heteroatoms. The summed E-state index contributed by atoms with van der Waals surface area (Å²) in [5.41, 5.74) is 6.65. The molecule has 3 atom stereocenters. The number of rotatable bonds is 5. The quantitative estimate of drug-likeness (QED) is 0.812. The standard InChI is InChI=1S/C16H30N2/c1-2-8-16(12-17,15-6-7-15)18-10-13-4-3-5-14(9-13)11-18/h13-15H,2-12,17H2,1H3. The number of piperidine rings is 1. The first-order valence-corrected chi connectivity index (χ1v) is 8.23. The van der Waals surface area contributed by atoms with Crippen molar-refractivity contribution in [3.8, 4) is 0 Å². The Labute approximate surface area is 112 Å². The third-order valence-electron chi connectivity index (χ3n) is 5.85. The fourth-order valence-electron chi connectivity index (χ4n) is 4.87. The zero-order chi connectivity index (χ0) is 12.6. The molecule has 0 radical (unpaired) electrons. The van der Waals surface area contributed by atoms with E-state index in [4.69, 9.17) is 5.73 Å². The molecule has 3 aliphatic rings. The molecule has 3 unspecified atom stereocenters. The minimum Gasteiger partial charge on any atom is -0.329 e. The second kappa shape index (κ2) is 5.13. The van der Waals surface area contributed by atoms with Crippen LogP contribution in [0.15, 0.2) is 0 Å². The van der Waals surface area contributed by atoms with E-state index in [0.29, 0.717) is 5.54 Å². The maximum absolute atomic E-state index is 6.27. The molecule has 0 spiro atoms. The SMILES string of the molecule is CCCC(CN)(C1CC1)N1CC2CCCC(C2)C1. The summed E-state index contributed by atoms with van der Waals surface area (Å²) >= 11 is 0. The van der Waals surface area contributed by atoms with Gasteiger partial charge in [0.15, 0.2) is 0 Å². The van der Waals surface area contributed by atoms with Gasteiger partial charge in [-0.1, -0.05) is 19.8 Å². The number of nitrogens with zero attached hydrogens (tertiary/aromatic N) is 1. The van der Waals surface area contributed by atoms with Crippen molar-refractivity contribution in [2.45, 2.75) is 63.8 Å². The van der Waals surface area contributed by atoms with Crippen LogP contribution in [-0.2, 0) is 0 Å². The number of fused-ring (bicyclic) bond motifs is 2. The number of hydrogen-bond acceptors (Lipinski definition) is 2. The third kappa shape index (κ3) is 2.22.